The fourth-order valence-corrected chi connectivity index (χ4v) is 1.85. The summed E-state index contributed by atoms with van der Waals surface area (Å²) in [7, 11) is 0. The molecule has 0 unspecified atom stereocenters. The number of H-pyrrole nitrogens is 1. The van der Waals surface area contributed by atoms with E-state index >= 15 is 0 Å². The third kappa shape index (κ3) is 1.80. The van der Waals surface area contributed by atoms with Gasteiger partial charge in [-0.3, -0.25) is 4.79 Å². The van der Waals surface area contributed by atoms with E-state index in [-0.39, 0.29) is 5.43 Å². The van der Waals surface area contributed by atoms with Gasteiger partial charge in [-0.1, -0.05) is 0 Å². The summed E-state index contributed by atoms with van der Waals surface area (Å²) in [5, 5.41) is 3.29. The van der Waals surface area contributed by atoms with Crippen molar-refractivity contribution in [2.24, 2.45) is 0 Å². The van der Waals surface area contributed by atoms with Gasteiger partial charge in [0.1, 0.15) is 0 Å². The van der Waals surface area contributed by atoms with E-state index in [0.29, 0.717) is 5.92 Å². The molecule has 3 heteroatoms. The molecule has 2 heterocycles. The van der Waals surface area contributed by atoms with Crippen LogP contribution >= 0.6 is 0 Å². The Balaban J connectivity index is 2.33. The predicted octanol–water partition coefficient (Wildman–Crippen LogP) is 0.760. The molecule has 0 aliphatic carbocycles. The number of aromatic nitrogens is 1. The minimum Gasteiger partial charge on any atom is -0.362 e. The van der Waals surface area contributed by atoms with Crippen molar-refractivity contribution in [2.75, 3.05) is 13.1 Å². The Hall–Kier alpha value is -1.09. The number of hydrogen-bond acceptors (Lipinski definition) is 2. The zero-order chi connectivity index (χ0) is 9.26. The van der Waals surface area contributed by atoms with Gasteiger partial charge in [-0.15, -0.1) is 0 Å². The Morgan fingerprint density at radius 2 is 2.31 bits per heavy atom. The summed E-state index contributed by atoms with van der Waals surface area (Å²) < 4.78 is 0. The van der Waals surface area contributed by atoms with Crippen LogP contribution in [0.4, 0.5) is 0 Å². The number of hydrogen-bond donors (Lipinski definition) is 2. The molecule has 1 atom stereocenters. The van der Waals surface area contributed by atoms with Gasteiger partial charge >= 0.3 is 0 Å². The Kier molecular flexibility index (Phi) is 2.19. The van der Waals surface area contributed by atoms with Crippen LogP contribution in [0, 0.1) is 6.92 Å². The van der Waals surface area contributed by atoms with Crippen LogP contribution in [0.2, 0.25) is 0 Å². The molecule has 2 N–H and O–H groups in total. The molecule has 1 fully saturated rings. The molecule has 0 bridgehead atoms. The van der Waals surface area contributed by atoms with Gasteiger partial charge in [0.2, 0.25) is 0 Å². The van der Waals surface area contributed by atoms with Crippen molar-refractivity contribution in [3.8, 4) is 0 Å². The summed E-state index contributed by atoms with van der Waals surface area (Å²) in [6.07, 6.45) is 1.12. The molecule has 0 saturated carbocycles. The smallest absolute Gasteiger partial charge is 0.182 e. The van der Waals surface area contributed by atoms with Crippen molar-refractivity contribution < 1.29 is 0 Å². The van der Waals surface area contributed by atoms with Gasteiger partial charge in [0, 0.05) is 36.0 Å². The lowest BCUT2D eigenvalue weighted by Gasteiger charge is -2.08. The Labute approximate surface area is 77.2 Å². The lowest BCUT2D eigenvalue weighted by atomic mass is 10.0. The number of rotatable bonds is 1. The highest BCUT2D eigenvalue weighted by molar-refractivity contribution is 5.15. The molecule has 3 nitrogen and oxygen atoms in total. The number of aromatic amines is 1. The maximum Gasteiger partial charge on any atom is 0.182 e. The third-order valence-corrected chi connectivity index (χ3v) is 2.50. The number of aryl methyl sites for hydroxylation is 1. The average molecular weight is 178 g/mol. The van der Waals surface area contributed by atoms with E-state index in [1.165, 1.54) is 0 Å². The van der Waals surface area contributed by atoms with Crippen LogP contribution in [0.25, 0.3) is 0 Å². The van der Waals surface area contributed by atoms with Crippen LogP contribution in [-0.4, -0.2) is 18.1 Å². The van der Waals surface area contributed by atoms with Crippen LogP contribution in [0.15, 0.2) is 16.9 Å². The molecule has 1 saturated heterocycles. The highest BCUT2D eigenvalue weighted by atomic mass is 16.1. The van der Waals surface area contributed by atoms with Crippen molar-refractivity contribution in [3.05, 3.63) is 33.7 Å². The van der Waals surface area contributed by atoms with Crippen LogP contribution in [-0.2, 0) is 0 Å². The Morgan fingerprint density at radius 1 is 1.46 bits per heavy atom. The quantitative estimate of drug-likeness (QED) is 0.667. The van der Waals surface area contributed by atoms with Crippen molar-refractivity contribution in [1.82, 2.24) is 10.3 Å². The predicted molar refractivity (Wildman–Crippen MR) is 52.0 cm³/mol. The van der Waals surface area contributed by atoms with E-state index in [1.54, 1.807) is 12.1 Å². The molecule has 0 aromatic carbocycles. The molecule has 1 aromatic rings. The van der Waals surface area contributed by atoms with E-state index in [2.05, 4.69) is 10.3 Å². The van der Waals surface area contributed by atoms with Gasteiger partial charge < -0.3 is 10.3 Å². The van der Waals surface area contributed by atoms with Gasteiger partial charge in [-0.05, 0) is 19.9 Å². The molecular formula is C10H14N2O. The summed E-state index contributed by atoms with van der Waals surface area (Å²) in [4.78, 5) is 14.5. The van der Waals surface area contributed by atoms with Gasteiger partial charge in [-0.2, -0.15) is 0 Å². The Morgan fingerprint density at radius 3 is 2.92 bits per heavy atom. The fraction of sp³-hybridized carbons (Fsp3) is 0.500. The molecule has 1 aliphatic rings. The topological polar surface area (TPSA) is 44.9 Å². The average Bonchev–Trinajstić information content (AvgIpc) is 2.53. The van der Waals surface area contributed by atoms with E-state index in [1.807, 2.05) is 6.92 Å². The first-order valence-electron chi connectivity index (χ1n) is 4.67. The van der Waals surface area contributed by atoms with Crippen molar-refractivity contribution in [3.63, 3.8) is 0 Å². The highest BCUT2D eigenvalue weighted by Gasteiger charge is 2.17. The molecule has 1 aromatic heterocycles. The van der Waals surface area contributed by atoms with Crippen LogP contribution in [0.3, 0.4) is 0 Å². The lowest BCUT2D eigenvalue weighted by Crippen LogP contribution is -2.12. The van der Waals surface area contributed by atoms with Crippen molar-refractivity contribution in [2.45, 2.75) is 19.3 Å². The van der Waals surface area contributed by atoms with E-state index in [9.17, 15) is 4.79 Å². The minimum atomic E-state index is 0.109. The van der Waals surface area contributed by atoms with Gasteiger partial charge in [0.05, 0.1) is 0 Å². The van der Waals surface area contributed by atoms with Crippen molar-refractivity contribution >= 4 is 0 Å². The van der Waals surface area contributed by atoms with E-state index in [4.69, 9.17) is 0 Å². The first kappa shape index (κ1) is 8.51. The number of nitrogens with one attached hydrogen (secondary N) is 2. The van der Waals surface area contributed by atoms with Crippen LogP contribution < -0.4 is 10.7 Å². The van der Waals surface area contributed by atoms with Crippen LogP contribution in [0.5, 0.6) is 0 Å². The second-order valence-electron chi connectivity index (χ2n) is 3.64. The first-order valence-corrected chi connectivity index (χ1v) is 4.67. The zero-order valence-corrected chi connectivity index (χ0v) is 7.76. The van der Waals surface area contributed by atoms with E-state index < -0.39 is 0 Å². The standard InChI is InChI=1S/C10H14N2O/c1-7-4-9(13)5-10(12-7)8-2-3-11-6-8/h4-5,8,11H,2-3,6H2,1H3,(H,12,13)/t8-/m0/s1. The molecule has 70 valence electrons. The monoisotopic (exact) mass is 178 g/mol. The first-order chi connectivity index (χ1) is 6.25. The molecule has 0 spiro atoms. The van der Waals surface area contributed by atoms with Gasteiger partial charge in [-0.25, -0.2) is 0 Å². The molecule has 13 heavy (non-hydrogen) atoms. The number of pyridine rings is 1. The second kappa shape index (κ2) is 3.34. The summed E-state index contributed by atoms with van der Waals surface area (Å²) in [6.45, 7) is 3.97. The molecule has 0 amide bonds. The fourth-order valence-electron chi connectivity index (χ4n) is 1.85. The molecular weight excluding hydrogens is 164 g/mol. The normalized spacial score (nSPS) is 22.1. The highest BCUT2D eigenvalue weighted by Crippen LogP contribution is 2.18. The van der Waals surface area contributed by atoms with Crippen LogP contribution in [0.1, 0.15) is 23.7 Å². The summed E-state index contributed by atoms with van der Waals surface area (Å²) in [6, 6.07) is 3.34. The summed E-state index contributed by atoms with van der Waals surface area (Å²) in [5.74, 6) is 0.493. The maximum absolute atomic E-state index is 11.2. The molecule has 0 radical (unpaired) electrons. The largest absolute Gasteiger partial charge is 0.362 e. The SMILES string of the molecule is Cc1cc(=O)cc([C@H]2CCNC2)[nH]1. The summed E-state index contributed by atoms with van der Waals surface area (Å²) >= 11 is 0. The third-order valence-electron chi connectivity index (χ3n) is 2.50. The second-order valence-corrected chi connectivity index (χ2v) is 3.64. The lowest BCUT2D eigenvalue weighted by molar-refractivity contribution is 0.730. The van der Waals surface area contributed by atoms with Gasteiger partial charge in [0.25, 0.3) is 0 Å². The van der Waals surface area contributed by atoms with Gasteiger partial charge in [0.15, 0.2) is 5.43 Å². The van der Waals surface area contributed by atoms with E-state index in [0.717, 1.165) is 30.9 Å². The Bertz CT molecular complexity index is 350. The molecule has 2 rings (SSSR count). The summed E-state index contributed by atoms with van der Waals surface area (Å²) in [5.41, 5.74) is 2.14. The minimum absolute atomic E-state index is 0.109. The van der Waals surface area contributed by atoms with Crippen molar-refractivity contribution in [1.29, 1.82) is 0 Å². The maximum atomic E-state index is 11.2. The zero-order valence-electron chi connectivity index (χ0n) is 7.76. The molecule has 1 aliphatic heterocycles.